The van der Waals surface area contributed by atoms with Crippen LogP contribution in [0, 0.1) is 0 Å². The lowest BCUT2D eigenvalue weighted by Crippen LogP contribution is -2.50. The average molecular weight is 215 g/mol. The number of alkyl halides is 1. The van der Waals surface area contributed by atoms with Crippen molar-refractivity contribution in [3.05, 3.63) is 23.0 Å². The van der Waals surface area contributed by atoms with E-state index in [1.807, 2.05) is 0 Å². The summed E-state index contributed by atoms with van der Waals surface area (Å²) in [4.78, 5) is 10.7. The number of hydrogen-bond donors (Lipinski definition) is 1. The van der Waals surface area contributed by atoms with E-state index in [1.54, 1.807) is 0 Å². The van der Waals surface area contributed by atoms with Gasteiger partial charge in [-0.1, -0.05) is 0 Å². The lowest BCUT2D eigenvalue weighted by Gasteiger charge is -2.34. The van der Waals surface area contributed by atoms with Gasteiger partial charge in [-0.2, -0.15) is 0 Å². The van der Waals surface area contributed by atoms with Gasteiger partial charge in [-0.25, -0.2) is 4.39 Å². The van der Waals surface area contributed by atoms with Gasteiger partial charge in [0.05, 0.1) is 13.2 Å². The third kappa shape index (κ3) is 1.68. The Labute approximate surface area is 87.5 Å². The summed E-state index contributed by atoms with van der Waals surface area (Å²) in [5, 5.41) is 0. The summed E-state index contributed by atoms with van der Waals surface area (Å²) in [6, 6.07) is -1.13. The first-order chi connectivity index (χ1) is 7.01. The molecule has 0 heterocycles. The number of carbonyl (C=O) groups is 1. The highest BCUT2D eigenvalue weighted by molar-refractivity contribution is 5.77. The van der Waals surface area contributed by atoms with Gasteiger partial charge in [0, 0.05) is 18.3 Å². The first-order valence-corrected chi connectivity index (χ1v) is 4.43. The molecule has 0 aromatic heterocycles. The van der Waals surface area contributed by atoms with Crippen LogP contribution in [0.3, 0.4) is 0 Å². The molecule has 0 radical (unpaired) electrons. The predicted molar refractivity (Wildman–Crippen MR) is 52.7 cm³/mol. The average Bonchev–Trinajstić information content (AvgIpc) is 2.26. The van der Waals surface area contributed by atoms with Crippen LogP contribution < -0.4 is 5.73 Å². The van der Waals surface area contributed by atoms with Crippen LogP contribution in [0.15, 0.2) is 23.0 Å². The minimum atomic E-state index is -2.18. The van der Waals surface area contributed by atoms with Crippen LogP contribution in [-0.2, 0) is 14.3 Å². The fraction of sp³-hybridized carbons (Fsp3) is 0.500. The Kier molecular flexibility index (Phi) is 3.26. The zero-order valence-electron chi connectivity index (χ0n) is 8.91. The van der Waals surface area contributed by atoms with E-state index in [1.165, 1.54) is 27.2 Å². The molecule has 0 spiro atoms. The molecule has 0 aromatic rings. The molecule has 0 saturated carbocycles. The van der Waals surface area contributed by atoms with Gasteiger partial charge in [0.25, 0.3) is 5.85 Å². The van der Waals surface area contributed by atoms with Crippen molar-refractivity contribution in [2.75, 3.05) is 14.2 Å². The Balaban J connectivity index is 3.29. The molecule has 4 nitrogen and oxygen atoms in total. The lowest BCUT2D eigenvalue weighted by atomic mass is 9.89. The molecule has 0 bridgehead atoms. The van der Waals surface area contributed by atoms with Crippen molar-refractivity contribution in [1.29, 1.82) is 0 Å². The Bertz CT molecular complexity index is 338. The van der Waals surface area contributed by atoms with E-state index in [0.717, 1.165) is 0 Å². The molecule has 2 atom stereocenters. The van der Waals surface area contributed by atoms with Crippen LogP contribution in [0.2, 0.25) is 0 Å². The number of allylic oxidation sites excluding steroid dienone is 1. The number of aldehydes is 1. The number of nitrogens with two attached hydrogens (primary N) is 1. The molecule has 0 aliphatic heterocycles. The van der Waals surface area contributed by atoms with Crippen LogP contribution in [0.5, 0.6) is 0 Å². The molecule has 1 rings (SSSR count). The number of ether oxygens (including phenoxy) is 2. The number of halogens is 1. The summed E-state index contributed by atoms with van der Waals surface area (Å²) in [5.41, 5.74) is 5.94. The van der Waals surface area contributed by atoms with Crippen LogP contribution in [0.1, 0.15) is 6.92 Å². The lowest BCUT2D eigenvalue weighted by molar-refractivity contribution is -0.114. The monoisotopic (exact) mass is 215 g/mol. The van der Waals surface area contributed by atoms with E-state index in [-0.39, 0.29) is 16.9 Å². The summed E-state index contributed by atoms with van der Waals surface area (Å²) in [5.74, 6) is -1.92. The molecule has 0 amide bonds. The third-order valence-corrected chi connectivity index (χ3v) is 2.59. The highest BCUT2D eigenvalue weighted by atomic mass is 19.2. The molecule has 0 fully saturated rings. The van der Waals surface area contributed by atoms with Crippen LogP contribution >= 0.6 is 0 Å². The number of carbonyl (C=O) groups excluding carboxylic acids is 1. The molecule has 1 aliphatic carbocycles. The highest BCUT2D eigenvalue weighted by Crippen LogP contribution is 2.35. The maximum Gasteiger partial charge on any atom is 0.254 e. The largest absolute Gasteiger partial charge is 0.497 e. The van der Waals surface area contributed by atoms with E-state index in [0.29, 0.717) is 6.29 Å². The Hall–Kier alpha value is -1.20. The van der Waals surface area contributed by atoms with Gasteiger partial charge in [0.1, 0.15) is 12.0 Å². The molecule has 1 aliphatic rings. The van der Waals surface area contributed by atoms with E-state index < -0.39 is 11.9 Å². The van der Waals surface area contributed by atoms with Crippen LogP contribution in [-0.4, -0.2) is 32.4 Å². The highest BCUT2D eigenvalue weighted by Gasteiger charge is 2.45. The van der Waals surface area contributed by atoms with Crippen LogP contribution in [0.25, 0.3) is 0 Å². The summed E-state index contributed by atoms with van der Waals surface area (Å²) in [7, 11) is 2.59. The smallest absolute Gasteiger partial charge is 0.254 e. The van der Waals surface area contributed by atoms with E-state index in [4.69, 9.17) is 15.2 Å². The molecule has 0 aromatic carbocycles. The minimum Gasteiger partial charge on any atom is -0.497 e. The van der Waals surface area contributed by atoms with Gasteiger partial charge in [-0.15, -0.1) is 0 Å². The molecule has 2 N–H and O–H groups in total. The number of rotatable bonds is 3. The Morgan fingerprint density at radius 3 is 2.60 bits per heavy atom. The second-order valence-electron chi connectivity index (χ2n) is 3.28. The Morgan fingerprint density at radius 2 is 2.20 bits per heavy atom. The van der Waals surface area contributed by atoms with E-state index >= 15 is 0 Å². The zero-order valence-corrected chi connectivity index (χ0v) is 8.91. The fourth-order valence-corrected chi connectivity index (χ4v) is 1.56. The SMILES string of the molecule is COC1=C(C)C(F)(OC)C(N)C(C=O)=C1. The maximum atomic E-state index is 14.3. The molecule has 0 saturated heterocycles. The summed E-state index contributed by atoms with van der Waals surface area (Å²) in [6.45, 7) is 1.51. The predicted octanol–water partition coefficient (Wildman–Crippen LogP) is 0.685. The first-order valence-electron chi connectivity index (χ1n) is 4.43. The zero-order chi connectivity index (χ0) is 11.6. The molecular weight excluding hydrogens is 201 g/mol. The maximum absolute atomic E-state index is 14.3. The molecular formula is C10H14FNO3. The molecule has 5 heteroatoms. The van der Waals surface area contributed by atoms with Gasteiger partial charge in [-0.05, 0) is 13.0 Å². The second kappa shape index (κ2) is 4.12. The van der Waals surface area contributed by atoms with Crippen molar-refractivity contribution in [3.63, 3.8) is 0 Å². The molecule has 15 heavy (non-hydrogen) atoms. The van der Waals surface area contributed by atoms with Crippen molar-refractivity contribution in [3.8, 4) is 0 Å². The van der Waals surface area contributed by atoms with Crippen molar-refractivity contribution in [2.45, 2.75) is 18.8 Å². The van der Waals surface area contributed by atoms with Gasteiger partial charge in [-0.3, -0.25) is 4.79 Å². The minimum absolute atomic E-state index is 0.113. The van der Waals surface area contributed by atoms with Crippen molar-refractivity contribution in [2.24, 2.45) is 5.73 Å². The summed E-state index contributed by atoms with van der Waals surface area (Å²) < 4.78 is 24.0. The first kappa shape index (κ1) is 11.9. The van der Waals surface area contributed by atoms with Gasteiger partial charge in [0.15, 0.2) is 0 Å². The van der Waals surface area contributed by atoms with Gasteiger partial charge in [0.2, 0.25) is 0 Å². The Morgan fingerprint density at radius 1 is 1.60 bits per heavy atom. The van der Waals surface area contributed by atoms with E-state index in [9.17, 15) is 9.18 Å². The van der Waals surface area contributed by atoms with Crippen LogP contribution in [0.4, 0.5) is 4.39 Å². The van der Waals surface area contributed by atoms with Gasteiger partial charge >= 0.3 is 0 Å². The van der Waals surface area contributed by atoms with Gasteiger partial charge < -0.3 is 15.2 Å². The van der Waals surface area contributed by atoms with Crippen molar-refractivity contribution < 1.29 is 18.7 Å². The molecule has 84 valence electrons. The van der Waals surface area contributed by atoms with Crippen molar-refractivity contribution in [1.82, 2.24) is 0 Å². The topological polar surface area (TPSA) is 61.6 Å². The standard InChI is InChI=1S/C10H14FNO3/c1-6-8(14-2)4-7(5-13)9(12)10(6,11)15-3/h4-5,9H,12H2,1-3H3. The summed E-state index contributed by atoms with van der Waals surface area (Å²) >= 11 is 0. The normalized spacial score (nSPS) is 31.3. The van der Waals surface area contributed by atoms with E-state index in [2.05, 4.69) is 0 Å². The fourth-order valence-electron chi connectivity index (χ4n) is 1.56. The molecule has 2 unspecified atom stereocenters. The summed E-state index contributed by atoms with van der Waals surface area (Å²) in [6.07, 6.45) is 1.92. The number of methoxy groups -OCH3 is 2. The quantitative estimate of drug-likeness (QED) is 0.703. The third-order valence-electron chi connectivity index (χ3n) is 2.59. The van der Waals surface area contributed by atoms with Crippen molar-refractivity contribution >= 4 is 6.29 Å². The second-order valence-corrected chi connectivity index (χ2v) is 3.28. The number of hydrogen-bond acceptors (Lipinski definition) is 4.